The lowest BCUT2D eigenvalue weighted by molar-refractivity contribution is 0.0218. The zero-order valence-corrected chi connectivity index (χ0v) is 13.4. The molecule has 2 rings (SSSR count). The van der Waals surface area contributed by atoms with Crippen molar-refractivity contribution < 1.29 is 14.3 Å². The Morgan fingerprint density at radius 1 is 1.32 bits per heavy atom. The molecule has 1 fully saturated rings. The van der Waals surface area contributed by atoms with Crippen LogP contribution in [0.4, 0.5) is 10.6 Å². The number of piperazine rings is 1. The summed E-state index contributed by atoms with van der Waals surface area (Å²) in [7, 11) is 0. The predicted molar refractivity (Wildman–Crippen MR) is 82.0 cm³/mol. The second-order valence-corrected chi connectivity index (χ2v) is 6.39. The van der Waals surface area contributed by atoms with Gasteiger partial charge in [-0.3, -0.25) is 4.79 Å². The largest absolute Gasteiger partial charge is 0.444 e. The van der Waals surface area contributed by atoms with Gasteiger partial charge in [0.2, 0.25) is 0 Å². The first kappa shape index (κ1) is 16.2. The first-order chi connectivity index (χ1) is 10.3. The van der Waals surface area contributed by atoms with Gasteiger partial charge in [-0.05, 0) is 27.7 Å². The lowest BCUT2D eigenvalue weighted by Crippen LogP contribution is -2.54. The summed E-state index contributed by atoms with van der Waals surface area (Å²) in [5.41, 5.74) is -0.183. The van der Waals surface area contributed by atoms with Crippen LogP contribution in [0.25, 0.3) is 0 Å². The number of hydrogen-bond acceptors (Lipinski definition) is 6. The first-order valence-electron chi connectivity index (χ1n) is 7.32. The number of aromatic nitrogens is 2. The Bertz CT molecular complexity index is 539. The van der Waals surface area contributed by atoms with E-state index in [2.05, 4.69) is 14.9 Å². The monoisotopic (exact) mass is 306 g/mol. The van der Waals surface area contributed by atoms with Crippen molar-refractivity contribution in [3.05, 3.63) is 18.1 Å². The zero-order valence-electron chi connectivity index (χ0n) is 13.4. The zero-order chi connectivity index (χ0) is 16.3. The molecule has 0 saturated carbocycles. The molecule has 1 atom stereocenters. The molecule has 0 N–H and O–H groups in total. The molecule has 120 valence electrons. The second kappa shape index (κ2) is 6.29. The highest BCUT2D eigenvalue weighted by Gasteiger charge is 2.30. The number of hydrogen-bond donors (Lipinski definition) is 0. The Balaban J connectivity index is 2.00. The fraction of sp³-hybridized carbons (Fsp3) is 0.600. The average Bonchev–Trinajstić information content (AvgIpc) is 2.45. The van der Waals surface area contributed by atoms with E-state index in [1.54, 1.807) is 11.1 Å². The van der Waals surface area contributed by atoms with Gasteiger partial charge in [-0.1, -0.05) is 0 Å². The molecule has 0 spiro atoms. The van der Waals surface area contributed by atoms with Crippen LogP contribution in [-0.4, -0.2) is 58.5 Å². The maximum atomic E-state index is 12.1. The van der Waals surface area contributed by atoms with E-state index in [1.165, 1.54) is 6.20 Å². The van der Waals surface area contributed by atoms with Gasteiger partial charge in [-0.15, -0.1) is 0 Å². The summed E-state index contributed by atoms with van der Waals surface area (Å²) in [6, 6.07) is 0.0950. The third-order valence-corrected chi connectivity index (χ3v) is 3.35. The first-order valence-corrected chi connectivity index (χ1v) is 7.32. The molecule has 1 aromatic rings. The van der Waals surface area contributed by atoms with Gasteiger partial charge in [0.1, 0.15) is 17.1 Å². The molecule has 0 unspecified atom stereocenters. The van der Waals surface area contributed by atoms with Crippen LogP contribution in [0.3, 0.4) is 0 Å². The third kappa shape index (κ3) is 3.93. The van der Waals surface area contributed by atoms with Crippen LogP contribution in [0.15, 0.2) is 12.4 Å². The molecule has 7 heteroatoms. The Kier molecular flexibility index (Phi) is 4.63. The Labute approximate surface area is 130 Å². The number of amides is 1. The van der Waals surface area contributed by atoms with Gasteiger partial charge in [0.05, 0.1) is 12.4 Å². The molecule has 2 heterocycles. The standard InChI is InChI=1S/C15H22N4O3/c1-11-9-18(14(21)22-15(2,3)4)5-6-19(11)13-8-16-12(10-20)7-17-13/h7-8,10-11H,5-6,9H2,1-4H3/t11-/m1/s1. The van der Waals surface area contributed by atoms with Crippen molar-refractivity contribution in [2.24, 2.45) is 0 Å². The molecule has 0 radical (unpaired) electrons. The van der Waals surface area contributed by atoms with Gasteiger partial charge in [0.15, 0.2) is 6.29 Å². The molecule has 0 aliphatic carbocycles. The maximum Gasteiger partial charge on any atom is 0.410 e. The molecule has 1 aliphatic heterocycles. The lowest BCUT2D eigenvalue weighted by Gasteiger charge is -2.40. The minimum Gasteiger partial charge on any atom is -0.444 e. The number of nitrogens with zero attached hydrogens (tertiary/aromatic N) is 4. The molecule has 1 amide bonds. The van der Waals surface area contributed by atoms with Crippen molar-refractivity contribution in [1.29, 1.82) is 0 Å². The highest BCUT2D eigenvalue weighted by atomic mass is 16.6. The number of ether oxygens (including phenoxy) is 1. The Hall–Kier alpha value is -2.18. The summed E-state index contributed by atoms with van der Waals surface area (Å²) < 4.78 is 5.40. The fourth-order valence-electron chi connectivity index (χ4n) is 2.33. The molecule has 7 nitrogen and oxygen atoms in total. The van der Waals surface area contributed by atoms with E-state index in [1.807, 2.05) is 27.7 Å². The summed E-state index contributed by atoms with van der Waals surface area (Å²) in [4.78, 5) is 34.8. The van der Waals surface area contributed by atoms with E-state index in [-0.39, 0.29) is 12.1 Å². The number of anilines is 1. The normalized spacial score (nSPS) is 19.0. The summed E-state index contributed by atoms with van der Waals surface area (Å²) in [5, 5.41) is 0. The van der Waals surface area contributed by atoms with E-state index in [4.69, 9.17) is 4.74 Å². The van der Waals surface area contributed by atoms with Gasteiger partial charge in [-0.2, -0.15) is 0 Å². The predicted octanol–water partition coefficient (Wildman–Crippen LogP) is 1.73. The SMILES string of the molecule is C[C@@H]1CN(C(=O)OC(C)(C)C)CCN1c1cnc(C=O)cn1. The fourth-order valence-corrected chi connectivity index (χ4v) is 2.33. The molecular formula is C15H22N4O3. The minimum absolute atomic E-state index is 0.0950. The highest BCUT2D eigenvalue weighted by Crippen LogP contribution is 2.19. The van der Waals surface area contributed by atoms with Gasteiger partial charge in [0, 0.05) is 25.7 Å². The number of carbonyl (C=O) groups excluding carboxylic acids is 2. The van der Waals surface area contributed by atoms with E-state index in [9.17, 15) is 9.59 Å². The summed E-state index contributed by atoms with van der Waals surface area (Å²) in [6.45, 7) is 9.36. The minimum atomic E-state index is -0.492. The van der Waals surface area contributed by atoms with Crippen LogP contribution in [0.5, 0.6) is 0 Å². The summed E-state index contributed by atoms with van der Waals surface area (Å²) >= 11 is 0. The Morgan fingerprint density at radius 3 is 2.55 bits per heavy atom. The average molecular weight is 306 g/mol. The van der Waals surface area contributed by atoms with E-state index < -0.39 is 5.60 Å². The van der Waals surface area contributed by atoms with Crippen molar-refractivity contribution in [3.63, 3.8) is 0 Å². The van der Waals surface area contributed by atoms with Crippen LogP contribution >= 0.6 is 0 Å². The smallest absolute Gasteiger partial charge is 0.410 e. The second-order valence-electron chi connectivity index (χ2n) is 6.39. The molecule has 1 aliphatic rings. The van der Waals surface area contributed by atoms with E-state index in [0.717, 1.165) is 0 Å². The van der Waals surface area contributed by atoms with Gasteiger partial charge in [-0.25, -0.2) is 14.8 Å². The molecular weight excluding hydrogens is 284 g/mol. The summed E-state index contributed by atoms with van der Waals surface area (Å²) in [6.07, 6.45) is 3.42. The van der Waals surface area contributed by atoms with Crippen LogP contribution in [0.1, 0.15) is 38.2 Å². The lowest BCUT2D eigenvalue weighted by atomic mass is 10.2. The quantitative estimate of drug-likeness (QED) is 0.775. The molecule has 22 heavy (non-hydrogen) atoms. The summed E-state index contributed by atoms with van der Waals surface area (Å²) in [5.74, 6) is 0.710. The molecule has 1 saturated heterocycles. The van der Waals surface area contributed by atoms with Crippen LogP contribution in [0, 0.1) is 0 Å². The van der Waals surface area contributed by atoms with Crippen LogP contribution in [-0.2, 0) is 4.74 Å². The molecule has 1 aromatic heterocycles. The molecule has 0 aromatic carbocycles. The van der Waals surface area contributed by atoms with Crippen LogP contribution < -0.4 is 4.90 Å². The third-order valence-electron chi connectivity index (χ3n) is 3.35. The van der Waals surface area contributed by atoms with Crippen molar-refractivity contribution in [3.8, 4) is 0 Å². The van der Waals surface area contributed by atoms with Gasteiger partial charge >= 0.3 is 6.09 Å². The van der Waals surface area contributed by atoms with E-state index in [0.29, 0.717) is 37.4 Å². The van der Waals surface area contributed by atoms with Crippen molar-refractivity contribution in [1.82, 2.24) is 14.9 Å². The van der Waals surface area contributed by atoms with Crippen molar-refractivity contribution in [2.45, 2.75) is 39.3 Å². The van der Waals surface area contributed by atoms with Crippen LogP contribution in [0.2, 0.25) is 0 Å². The number of aldehydes is 1. The number of carbonyl (C=O) groups is 2. The van der Waals surface area contributed by atoms with Gasteiger partial charge in [0.25, 0.3) is 0 Å². The van der Waals surface area contributed by atoms with E-state index >= 15 is 0 Å². The van der Waals surface area contributed by atoms with Crippen molar-refractivity contribution in [2.75, 3.05) is 24.5 Å². The van der Waals surface area contributed by atoms with Gasteiger partial charge < -0.3 is 14.5 Å². The Morgan fingerprint density at radius 2 is 2.05 bits per heavy atom. The topological polar surface area (TPSA) is 75.6 Å². The van der Waals surface area contributed by atoms with Crippen molar-refractivity contribution >= 4 is 18.2 Å². The number of rotatable bonds is 2. The molecule has 0 bridgehead atoms. The highest BCUT2D eigenvalue weighted by molar-refractivity contribution is 5.71. The maximum absolute atomic E-state index is 12.1.